The van der Waals surface area contributed by atoms with Gasteiger partial charge >= 0.3 is 0 Å². The number of halogens is 1. The summed E-state index contributed by atoms with van der Waals surface area (Å²) in [5, 5.41) is 4.27. The van der Waals surface area contributed by atoms with Crippen LogP contribution in [0.15, 0.2) is 24.3 Å². The molecule has 0 aliphatic rings. The Bertz CT molecular complexity index is 341. The lowest BCUT2D eigenvalue weighted by molar-refractivity contribution is 0.334. The molecule has 17 heavy (non-hydrogen) atoms. The Morgan fingerprint density at radius 3 is 2.41 bits per heavy atom. The number of nitrogens with one attached hydrogen (secondary N) is 1. The molecule has 1 unspecified atom stereocenters. The molecule has 0 heterocycles. The smallest absolute Gasteiger partial charge is 0.0438 e. The van der Waals surface area contributed by atoms with Crippen LogP contribution in [0.2, 0.25) is 5.02 Å². The highest BCUT2D eigenvalue weighted by Gasteiger charge is 2.15. The fourth-order valence-electron chi connectivity index (χ4n) is 1.89. The van der Waals surface area contributed by atoms with E-state index in [-0.39, 0.29) is 0 Å². The van der Waals surface area contributed by atoms with Gasteiger partial charge in [-0.15, -0.1) is 0 Å². The molecule has 2 heteroatoms. The Kier molecular flexibility index (Phi) is 5.48. The standard InChI is InChI=1S/C15H24ClN/c1-15(2,3)10-9-13(17-4)11-12-7-5-6-8-14(12)16/h5-8,13,17H,9-11H2,1-4H3. The molecule has 0 aliphatic heterocycles. The molecule has 0 spiro atoms. The lowest BCUT2D eigenvalue weighted by atomic mass is 9.87. The van der Waals surface area contributed by atoms with E-state index in [4.69, 9.17) is 11.6 Å². The van der Waals surface area contributed by atoms with E-state index in [1.165, 1.54) is 18.4 Å². The van der Waals surface area contributed by atoms with Gasteiger partial charge in [0.05, 0.1) is 0 Å². The van der Waals surface area contributed by atoms with E-state index in [1.54, 1.807) is 0 Å². The Balaban J connectivity index is 2.56. The third-order valence-corrected chi connectivity index (χ3v) is 3.44. The van der Waals surface area contributed by atoms with Crippen molar-refractivity contribution < 1.29 is 0 Å². The summed E-state index contributed by atoms with van der Waals surface area (Å²) in [7, 11) is 2.03. The zero-order valence-electron chi connectivity index (χ0n) is 11.4. The first-order valence-corrected chi connectivity index (χ1v) is 6.71. The van der Waals surface area contributed by atoms with Crippen LogP contribution < -0.4 is 5.32 Å². The molecule has 0 amide bonds. The van der Waals surface area contributed by atoms with Crippen molar-refractivity contribution in [2.24, 2.45) is 5.41 Å². The van der Waals surface area contributed by atoms with Crippen LogP contribution in [0.5, 0.6) is 0 Å². The van der Waals surface area contributed by atoms with Crippen molar-refractivity contribution in [3.8, 4) is 0 Å². The highest BCUT2D eigenvalue weighted by atomic mass is 35.5. The van der Waals surface area contributed by atoms with Gasteiger partial charge in [0.2, 0.25) is 0 Å². The van der Waals surface area contributed by atoms with Crippen LogP contribution in [0, 0.1) is 5.41 Å². The maximum atomic E-state index is 6.19. The number of hydrogen-bond donors (Lipinski definition) is 1. The van der Waals surface area contributed by atoms with Crippen LogP contribution in [-0.4, -0.2) is 13.1 Å². The molecule has 0 aromatic heterocycles. The normalized spacial score (nSPS) is 13.7. The lowest BCUT2D eigenvalue weighted by Gasteiger charge is -2.23. The maximum absolute atomic E-state index is 6.19. The summed E-state index contributed by atoms with van der Waals surface area (Å²) in [5.74, 6) is 0. The number of hydrogen-bond acceptors (Lipinski definition) is 1. The summed E-state index contributed by atoms with van der Waals surface area (Å²) >= 11 is 6.19. The first-order chi connectivity index (χ1) is 7.92. The van der Waals surface area contributed by atoms with Crippen LogP contribution in [-0.2, 0) is 6.42 Å². The van der Waals surface area contributed by atoms with Crippen LogP contribution in [0.3, 0.4) is 0 Å². The van der Waals surface area contributed by atoms with Crippen molar-refractivity contribution in [1.82, 2.24) is 5.32 Å². The van der Waals surface area contributed by atoms with Gasteiger partial charge in [0.15, 0.2) is 0 Å². The van der Waals surface area contributed by atoms with E-state index < -0.39 is 0 Å². The molecule has 1 nitrogen and oxygen atoms in total. The van der Waals surface area contributed by atoms with Gasteiger partial charge in [-0.05, 0) is 43.4 Å². The molecule has 0 aliphatic carbocycles. The summed E-state index contributed by atoms with van der Waals surface area (Å²) in [4.78, 5) is 0. The first-order valence-electron chi connectivity index (χ1n) is 6.33. The van der Waals surface area contributed by atoms with Crippen LogP contribution in [0.1, 0.15) is 39.2 Å². The van der Waals surface area contributed by atoms with E-state index in [0.29, 0.717) is 11.5 Å². The number of likely N-dealkylation sites (N-methyl/N-ethyl adjacent to an activating group) is 1. The Hall–Kier alpha value is -0.530. The Morgan fingerprint density at radius 1 is 1.24 bits per heavy atom. The van der Waals surface area contributed by atoms with Gasteiger partial charge in [-0.3, -0.25) is 0 Å². The van der Waals surface area contributed by atoms with E-state index >= 15 is 0 Å². The Morgan fingerprint density at radius 2 is 1.88 bits per heavy atom. The van der Waals surface area contributed by atoms with Gasteiger partial charge < -0.3 is 5.32 Å². The molecule has 1 aromatic rings. The maximum Gasteiger partial charge on any atom is 0.0438 e. The molecule has 0 fully saturated rings. The number of rotatable bonds is 5. The quantitative estimate of drug-likeness (QED) is 0.825. The summed E-state index contributed by atoms with van der Waals surface area (Å²) in [5.41, 5.74) is 1.64. The summed E-state index contributed by atoms with van der Waals surface area (Å²) in [6, 6.07) is 8.62. The average molecular weight is 254 g/mol. The van der Waals surface area contributed by atoms with Gasteiger partial charge in [-0.2, -0.15) is 0 Å². The molecule has 0 bridgehead atoms. The SMILES string of the molecule is CNC(CCC(C)(C)C)Cc1ccccc1Cl. The fraction of sp³-hybridized carbons (Fsp3) is 0.600. The third-order valence-electron chi connectivity index (χ3n) is 3.08. The summed E-state index contributed by atoms with van der Waals surface area (Å²) in [6.45, 7) is 6.86. The molecule has 1 aromatic carbocycles. The highest BCUT2D eigenvalue weighted by Crippen LogP contribution is 2.24. The second-order valence-electron chi connectivity index (χ2n) is 5.88. The van der Waals surface area contributed by atoms with Crippen molar-refractivity contribution in [2.75, 3.05) is 7.05 Å². The van der Waals surface area contributed by atoms with Gasteiger partial charge in [0, 0.05) is 11.1 Å². The molecular formula is C15H24ClN. The molecule has 1 rings (SSSR count). The van der Waals surface area contributed by atoms with Crippen LogP contribution in [0.4, 0.5) is 0 Å². The van der Waals surface area contributed by atoms with Crippen molar-refractivity contribution in [3.05, 3.63) is 34.9 Å². The predicted octanol–water partition coefficient (Wildman–Crippen LogP) is 4.30. The minimum Gasteiger partial charge on any atom is -0.317 e. The van der Waals surface area contributed by atoms with Gasteiger partial charge in [0.25, 0.3) is 0 Å². The molecule has 0 saturated carbocycles. The summed E-state index contributed by atoms with van der Waals surface area (Å²) in [6.07, 6.45) is 3.42. The van der Waals surface area contributed by atoms with Crippen molar-refractivity contribution in [3.63, 3.8) is 0 Å². The van der Waals surface area contributed by atoms with E-state index in [0.717, 1.165) is 11.4 Å². The van der Waals surface area contributed by atoms with Crippen molar-refractivity contribution >= 4 is 11.6 Å². The van der Waals surface area contributed by atoms with Gasteiger partial charge in [-0.1, -0.05) is 50.6 Å². The topological polar surface area (TPSA) is 12.0 Å². The van der Waals surface area contributed by atoms with E-state index in [2.05, 4.69) is 38.2 Å². The first kappa shape index (κ1) is 14.5. The van der Waals surface area contributed by atoms with Crippen LogP contribution in [0.25, 0.3) is 0 Å². The third kappa shape index (κ3) is 5.56. The van der Waals surface area contributed by atoms with E-state index in [9.17, 15) is 0 Å². The van der Waals surface area contributed by atoms with Crippen molar-refractivity contribution in [1.29, 1.82) is 0 Å². The molecule has 1 N–H and O–H groups in total. The van der Waals surface area contributed by atoms with E-state index in [1.807, 2.05) is 19.2 Å². The minimum absolute atomic E-state index is 0.398. The van der Waals surface area contributed by atoms with Crippen molar-refractivity contribution in [2.45, 2.75) is 46.1 Å². The number of benzene rings is 1. The fourth-order valence-corrected chi connectivity index (χ4v) is 2.10. The van der Waals surface area contributed by atoms with Crippen LogP contribution >= 0.6 is 11.6 Å². The monoisotopic (exact) mass is 253 g/mol. The minimum atomic E-state index is 0.398. The second-order valence-corrected chi connectivity index (χ2v) is 6.29. The molecule has 96 valence electrons. The predicted molar refractivity (Wildman–Crippen MR) is 76.7 cm³/mol. The summed E-state index contributed by atoms with van der Waals surface area (Å²) < 4.78 is 0. The lowest BCUT2D eigenvalue weighted by Crippen LogP contribution is -2.29. The largest absolute Gasteiger partial charge is 0.317 e. The molecule has 1 atom stereocenters. The average Bonchev–Trinajstić information content (AvgIpc) is 2.25. The zero-order chi connectivity index (χ0) is 12.9. The highest BCUT2D eigenvalue weighted by molar-refractivity contribution is 6.31. The van der Waals surface area contributed by atoms with Gasteiger partial charge in [0.1, 0.15) is 0 Å². The molecule has 0 radical (unpaired) electrons. The Labute approximate surface area is 111 Å². The molecular weight excluding hydrogens is 230 g/mol. The second kappa shape index (κ2) is 6.42. The zero-order valence-corrected chi connectivity index (χ0v) is 12.1. The van der Waals surface area contributed by atoms with Gasteiger partial charge in [-0.25, -0.2) is 0 Å². The molecule has 0 saturated heterocycles.